The summed E-state index contributed by atoms with van der Waals surface area (Å²) in [6.45, 7) is 1.48. The molecule has 3 rings (SSSR count). The lowest BCUT2D eigenvalue weighted by Crippen LogP contribution is -2.05. The lowest BCUT2D eigenvalue weighted by Gasteiger charge is -2.02. The van der Waals surface area contributed by atoms with Crippen molar-refractivity contribution >= 4 is 34.3 Å². The van der Waals surface area contributed by atoms with E-state index in [1.165, 1.54) is 18.3 Å². The Hall–Kier alpha value is -3.19. The van der Waals surface area contributed by atoms with Crippen LogP contribution in [0.15, 0.2) is 59.0 Å². The molecule has 26 heavy (non-hydrogen) atoms. The Kier molecular flexibility index (Phi) is 5.60. The standard InChI is InChI=1S/C19H18N4O2S/c1-13(24)21-16-7-5-15(6-8-16)18-12-26-19(22-18)23-20-11-14-3-9-17(25-2)10-4-14/h3-12H,1-2H3,(H,21,24)(H,22,23)/b20-11-. The van der Waals surface area contributed by atoms with Gasteiger partial charge in [-0.15, -0.1) is 11.3 Å². The number of amides is 1. The van der Waals surface area contributed by atoms with Gasteiger partial charge in [0.05, 0.1) is 19.0 Å². The van der Waals surface area contributed by atoms with E-state index in [0.29, 0.717) is 5.13 Å². The number of ether oxygens (including phenoxy) is 1. The Morgan fingerprint density at radius 3 is 2.54 bits per heavy atom. The number of nitrogens with one attached hydrogen (secondary N) is 2. The number of benzene rings is 2. The van der Waals surface area contributed by atoms with Crippen LogP contribution in [0.3, 0.4) is 0 Å². The third kappa shape index (κ3) is 4.67. The van der Waals surface area contributed by atoms with E-state index in [4.69, 9.17) is 4.74 Å². The molecule has 0 aliphatic carbocycles. The molecule has 6 nitrogen and oxygen atoms in total. The molecule has 0 unspecified atom stereocenters. The van der Waals surface area contributed by atoms with E-state index >= 15 is 0 Å². The van der Waals surface area contributed by atoms with E-state index in [1.54, 1.807) is 13.3 Å². The number of aromatic nitrogens is 1. The molecule has 0 saturated heterocycles. The second kappa shape index (κ2) is 8.26. The zero-order valence-electron chi connectivity index (χ0n) is 14.4. The minimum atomic E-state index is -0.0902. The Balaban J connectivity index is 1.62. The number of anilines is 2. The Bertz CT molecular complexity index is 902. The van der Waals surface area contributed by atoms with Crippen molar-refractivity contribution in [3.05, 3.63) is 59.5 Å². The molecule has 0 saturated carbocycles. The second-order valence-corrected chi connectivity index (χ2v) is 6.30. The number of nitrogens with zero attached hydrogens (tertiary/aromatic N) is 2. The lowest BCUT2D eigenvalue weighted by atomic mass is 10.1. The van der Waals surface area contributed by atoms with Gasteiger partial charge in [-0.05, 0) is 42.0 Å². The number of carbonyl (C=O) groups is 1. The number of carbonyl (C=O) groups excluding carboxylic acids is 1. The molecule has 0 spiro atoms. The zero-order chi connectivity index (χ0) is 18.4. The molecule has 0 aliphatic rings. The first kappa shape index (κ1) is 17.6. The maximum absolute atomic E-state index is 11.1. The molecule has 0 fully saturated rings. The predicted octanol–water partition coefficient (Wildman–Crippen LogP) is 4.22. The predicted molar refractivity (Wildman–Crippen MR) is 106 cm³/mol. The van der Waals surface area contributed by atoms with Gasteiger partial charge in [0, 0.05) is 23.6 Å². The molecule has 3 aromatic rings. The summed E-state index contributed by atoms with van der Waals surface area (Å²) in [5, 5.41) is 9.61. The van der Waals surface area contributed by atoms with Crippen molar-refractivity contribution in [1.82, 2.24) is 4.98 Å². The van der Waals surface area contributed by atoms with E-state index in [-0.39, 0.29) is 5.91 Å². The highest BCUT2D eigenvalue weighted by Crippen LogP contribution is 2.26. The van der Waals surface area contributed by atoms with Crippen LogP contribution >= 0.6 is 11.3 Å². The lowest BCUT2D eigenvalue weighted by molar-refractivity contribution is -0.114. The first-order valence-corrected chi connectivity index (χ1v) is 8.79. The van der Waals surface area contributed by atoms with Gasteiger partial charge in [0.2, 0.25) is 11.0 Å². The van der Waals surface area contributed by atoms with Crippen LogP contribution in [-0.2, 0) is 4.79 Å². The van der Waals surface area contributed by atoms with Crippen LogP contribution in [0.4, 0.5) is 10.8 Å². The molecule has 1 aromatic heterocycles. The molecule has 1 amide bonds. The molecule has 2 N–H and O–H groups in total. The van der Waals surface area contributed by atoms with Gasteiger partial charge in [0.1, 0.15) is 5.75 Å². The van der Waals surface area contributed by atoms with E-state index < -0.39 is 0 Å². The quantitative estimate of drug-likeness (QED) is 0.506. The number of thiazole rings is 1. The van der Waals surface area contributed by atoms with E-state index in [2.05, 4.69) is 20.8 Å². The van der Waals surface area contributed by atoms with Crippen LogP contribution in [0, 0.1) is 0 Å². The van der Waals surface area contributed by atoms with Crippen LogP contribution in [-0.4, -0.2) is 24.2 Å². The Morgan fingerprint density at radius 1 is 1.15 bits per heavy atom. The average molecular weight is 366 g/mol. The molecule has 2 aromatic carbocycles. The van der Waals surface area contributed by atoms with Crippen LogP contribution in [0.5, 0.6) is 5.75 Å². The van der Waals surface area contributed by atoms with Gasteiger partial charge >= 0.3 is 0 Å². The normalized spacial score (nSPS) is 10.7. The number of hydrogen-bond donors (Lipinski definition) is 2. The summed E-state index contributed by atoms with van der Waals surface area (Å²) in [5.41, 5.74) is 6.49. The molecule has 132 valence electrons. The van der Waals surface area contributed by atoms with Crippen molar-refractivity contribution in [2.24, 2.45) is 5.10 Å². The van der Waals surface area contributed by atoms with Crippen molar-refractivity contribution in [2.45, 2.75) is 6.92 Å². The topological polar surface area (TPSA) is 75.6 Å². The monoisotopic (exact) mass is 366 g/mol. The molecule has 0 radical (unpaired) electrons. The highest BCUT2D eigenvalue weighted by Gasteiger charge is 2.04. The average Bonchev–Trinajstić information content (AvgIpc) is 3.11. The second-order valence-electron chi connectivity index (χ2n) is 5.44. The van der Waals surface area contributed by atoms with Crippen LogP contribution in [0.2, 0.25) is 0 Å². The molecular weight excluding hydrogens is 348 g/mol. The number of hydrazone groups is 1. The van der Waals surface area contributed by atoms with Gasteiger partial charge in [0.25, 0.3) is 0 Å². The van der Waals surface area contributed by atoms with Gasteiger partial charge in [-0.3, -0.25) is 10.2 Å². The van der Waals surface area contributed by atoms with E-state index in [9.17, 15) is 4.79 Å². The van der Waals surface area contributed by atoms with Crippen molar-refractivity contribution in [2.75, 3.05) is 17.9 Å². The van der Waals surface area contributed by atoms with Crippen LogP contribution in [0.25, 0.3) is 11.3 Å². The number of rotatable bonds is 6. The van der Waals surface area contributed by atoms with Crippen molar-refractivity contribution < 1.29 is 9.53 Å². The van der Waals surface area contributed by atoms with Crippen LogP contribution in [0.1, 0.15) is 12.5 Å². The van der Waals surface area contributed by atoms with Gasteiger partial charge in [-0.25, -0.2) is 4.98 Å². The van der Waals surface area contributed by atoms with Crippen molar-refractivity contribution in [1.29, 1.82) is 0 Å². The first-order valence-electron chi connectivity index (χ1n) is 7.91. The maximum atomic E-state index is 11.1. The molecule has 0 atom stereocenters. The molecule has 0 aliphatic heterocycles. The molecule has 1 heterocycles. The zero-order valence-corrected chi connectivity index (χ0v) is 15.2. The molecule has 0 bridgehead atoms. The van der Waals surface area contributed by atoms with Crippen LogP contribution < -0.4 is 15.5 Å². The first-order chi connectivity index (χ1) is 12.6. The van der Waals surface area contributed by atoms with Crippen molar-refractivity contribution in [3.8, 4) is 17.0 Å². The van der Waals surface area contributed by atoms with E-state index in [0.717, 1.165) is 28.3 Å². The summed E-state index contributed by atoms with van der Waals surface area (Å²) >= 11 is 1.47. The van der Waals surface area contributed by atoms with Gasteiger partial charge in [-0.2, -0.15) is 5.10 Å². The fraction of sp³-hybridized carbons (Fsp3) is 0.105. The minimum Gasteiger partial charge on any atom is -0.497 e. The largest absolute Gasteiger partial charge is 0.497 e. The van der Waals surface area contributed by atoms with Gasteiger partial charge < -0.3 is 10.1 Å². The van der Waals surface area contributed by atoms with Crippen molar-refractivity contribution in [3.63, 3.8) is 0 Å². The highest BCUT2D eigenvalue weighted by molar-refractivity contribution is 7.14. The maximum Gasteiger partial charge on any atom is 0.221 e. The summed E-state index contributed by atoms with van der Waals surface area (Å²) in [7, 11) is 1.64. The SMILES string of the molecule is COc1ccc(/C=N\Nc2nc(-c3ccc(NC(C)=O)cc3)cs2)cc1. The third-order valence-corrected chi connectivity index (χ3v) is 4.24. The van der Waals surface area contributed by atoms with Gasteiger partial charge in [0.15, 0.2) is 0 Å². The Morgan fingerprint density at radius 2 is 1.88 bits per heavy atom. The Labute approximate surface area is 155 Å². The van der Waals surface area contributed by atoms with E-state index in [1.807, 2.05) is 53.9 Å². The fourth-order valence-electron chi connectivity index (χ4n) is 2.24. The highest BCUT2D eigenvalue weighted by atomic mass is 32.1. The number of hydrogen-bond acceptors (Lipinski definition) is 6. The molecule has 7 heteroatoms. The third-order valence-electron chi connectivity index (χ3n) is 3.49. The fourth-order valence-corrected chi connectivity index (χ4v) is 2.91. The summed E-state index contributed by atoms with van der Waals surface area (Å²) in [6.07, 6.45) is 1.72. The minimum absolute atomic E-state index is 0.0902. The molecular formula is C19H18N4O2S. The smallest absolute Gasteiger partial charge is 0.221 e. The summed E-state index contributed by atoms with van der Waals surface area (Å²) in [4.78, 5) is 15.6. The summed E-state index contributed by atoms with van der Waals surface area (Å²) in [5.74, 6) is 0.719. The summed E-state index contributed by atoms with van der Waals surface area (Å²) < 4.78 is 5.12. The van der Waals surface area contributed by atoms with Gasteiger partial charge in [-0.1, -0.05) is 12.1 Å². The summed E-state index contributed by atoms with van der Waals surface area (Å²) in [6, 6.07) is 15.2. The number of methoxy groups -OCH3 is 1.